The zero-order valence-electron chi connectivity index (χ0n) is 12.5. The van der Waals surface area contributed by atoms with Crippen LogP contribution in [0.15, 0.2) is 11.6 Å². The van der Waals surface area contributed by atoms with Crippen molar-refractivity contribution in [2.75, 3.05) is 7.11 Å². The minimum Gasteiger partial charge on any atom is -0.466 e. The highest BCUT2D eigenvalue weighted by molar-refractivity contribution is 5.88. The van der Waals surface area contributed by atoms with Crippen LogP contribution in [0.5, 0.6) is 0 Å². The van der Waals surface area contributed by atoms with Crippen LogP contribution in [0.3, 0.4) is 0 Å². The summed E-state index contributed by atoms with van der Waals surface area (Å²) in [5.41, 5.74) is 0.0774. The van der Waals surface area contributed by atoms with Crippen LogP contribution < -0.4 is 0 Å². The monoisotopic (exact) mass is 266 g/mol. The molecule has 1 fully saturated rings. The van der Waals surface area contributed by atoms with Gasteiger partial charge in [0.25, 0.3) is 0 Å². The zero-order valence-corrected chi connectivity index (χ0v) is 12.5. The number of esters is 1. The number of hydrogen-bond donors (Lipinski definition) is 1. The van der Waals surface area contributed by atoms with Gasteiger partial charge in [-0.25, -0.2) is 4.79 Å². The lowest BCUT2D eigenvalue weighted by molar-refractivity contribution is -0.137. The molecular weight excluding hydrogens is 240 g/mol. The highest BCUT2D eigenvalue weighted by Crippen LogP contribution is 2.50. The number of rotatable bonds is 2. The van der Waals surface area contributed by atoms with E-state index in [-0.39, 0.29) is 17.8 Å². The van der Waals surface area contributed by atoms with Crippen LogP contribution in [0.1, 0.15) is 46.5 Å². The van der Waals surface area contributed by atoms with Crippen LogP contribution >= 0.6 is 0 Å². The normalized spacial score (nSPS) is 38.6. The first-order valence-corrected chi connectivity index (χ1v) is 7.41. The Hall–Kier alpha value is -0.830. The summed E-state index contributed by atoms with van der Waals surface area (Å²) in [6.45, 7) is 6.43. The Kier molecular flexibility index (Phi) is 4.05. The maximum Gasteiger partial charge on any atom is 0.333 e. The number of carbonyl (C=O) groups is 1. The second kappa shape index (κ2) is 5.28. The van der Waals surface area contributed by atoms with E-state index in [1.54, 1.807) is 0 Å². The van der Waals surface area contributed by atoms with Crippen molar-refractivity contribution < 1.29 is 14.6 Å². The molecule has 0 aromatic heterocycles. The smallest absolute Gasteiger partial charge is 0.333 e. The Morgan fingerprint density at radius 3 is 2.74 bits per heavy atom. The number of aliphatic hydroxyl groups is 1. The van der Waals surface area contributed by atoms with Crippen molar-refractivity contribution in [3.63, 3.8) is 0 Å². The van der Waals surface area contributed by atoms with E-state index in [0.29, 0.717) is 11.8 Å². The maximum absolute atomic E-state index is 11.7. The first kappa shape index (κ1) is 14.6. The second-order valence-electron chi connectivity index (χ2n) is 6.57. The van der Waals surface area contributed by atoms with Gasteiger partial charge in [-0.05, 0) is 43.4 Å². The summed E-state index contributed by atoms with van der Waals surface area (Å²) in [7, 11) is 1.42. The molecule has 1 N–H and O–H groups in total. The third kappa shape index (κ3) is 2.45. The molecule has 0 spiro atoms. The lowest BCUT2D eigenvalue weighted by atomic mass is 9.58. The Bertz CT molecular complexity index is 385. The lowest BCUT2D eigenvalue weighted by Crippen LogP contribution is -2.51. The zero-order chi connectivity index (χ0) is 14.2. The average Bonchev–Trinajstić information content (AvgIpc) is 2.41. The van der Waals surface area contributed by atoms with Crippen molar-refractivity contribution in [1.82, 2.24) is 0 Å². The molecule has 0 heterocycles. The molecule has 0 amide bonds. The SMILES string of the molecule is COC(=O)C1=C[C@H]2[C@@H](CC1)[C@H](C)CC[C@]2(O)C(C)C. The lowest BCUT2D eigenvalue weighted by Gasteiger charge is -2.50. The molecular formula is C16H26O3. The van der Waals surface area contributed by atoms with Crippen molar-refractivity contribution in [1.29, 1.82) is 0 Å². The minimum absolute atomic E-state index is 0.0964. The van der Waals surface area contributed by atoms with Gasteiger partial charge in [0, 0.05) is 11.5 Å². The predicted molar refractivity (Wildman–Crippen MR) is 74.5 cm³/mol. The summed E-state index contributed by atoms with van der Waals surface area (Å²) in [5.74, 6) is 1.19. The van der Waals surface area contributed by atoms with Gasteiger partial charge in [-0.3, -0.25) is 0 Å². The average molecular weight is 266 g/mol. The molecule has 1 saturated carbocycles. The fourth-order valence-corrected chi connectivity index (χ4v) is 3.89. The molecule has 3 heteroatoms. The molecule has 0 bridgehead atoms. The maximum atomic E-state index is 11.7. The largest absolute Gasteiger partial charge is 0.466 e. The summed E-state index contributed by atoms with van der Waals surface area (Å²) < 4.78 is 4.84. The first-order chi connectivity index (χ1) is 8.90. The number of hydrogen-bond acceptors (Lipinski definition) is 3. The van der Waals surface area contributed by atoms with Gasteiger partial charge in [0.2, 0.25) is 0 Å². The van der Waals surface area contributed by atoms with Crippen molar-refractivity contribution in [3.8, 4) is 0 Å². The molecule has 0 saturated heterocycles. The van der Waals surface area contributed by atoms with Crippen LogP contribution in [-0.4, -0.2) is 23.8 Å². The van der Waals surface area contributed by atoms with Gasteiger partial charge in [-0.2, -0.15) is 0 Å². The molecule has 0 radical (unpaired) electrons. The van der Waals surface area contributed by atoms with Crippen LogP contribution in [0.2, 0.25) is 0 Å². The number of carbonyl (C=O) groups excluding carboxylic acids is 1. The van der Waals surface area contributed by atoms with Crippen LogP contribution in [0.4, 0.5) is 0 Å². The summed E-state index contributed by atoms with van der Waals surface area (Å²) >= 11 is 0. The van der Waals surface area contributed by atoms with E-state index in [1.807, 2.05) is 6.08 Å². The predicted octanol–water partition coefficient (Wildman–Crippen LogP) is 2.93. The fraction of sp³-hybridized carbons (Fsp3) is 0.812. The molecule has 2 aliphatic rings. The van der Waals surface area contributed by atoms with Gasteiger partial charge < -0.3 is 9.84 Å². The molecule has 108 valence electrons. The highest BCUT2D eigenvalue weighted by atomic mass is 16.5. The number of methoxy groups -OCH3 is 1. The topological polar surface area (TPSA) is 46.5 Å². The van der Waals surface area contributed by atoms with Crippen molar-refractivity contribution in [2.45, 2.75) is 52.1 Å². The molecule has 2 aliphatic carbocycles. The van der Waals surface area contributed by atoms with Gasteiger partial charge in [0.05, 0.1) is 12.7 Å². The quantitative estimate of drug-likeness (QED) is 0.782. The van der Waals surface area contributed by atoms with Gasteiger partial charge in [0.1, 0.15) is 0 Å². The Morgan fingerprint density at radius 1 is 1.47 bits per heavy atom. The molecule has 2 rings (SSSR count). The first-order valence-electron chi connectivity index (χ1n) is 7.41. The standard InChI is InChI=1S/C16H26O3/c1-10(2)16(18)8-7-11(3)13-6-5-12(9-14(13)16)15(17)19-4/h9-11,13-14,18H,5-8H2,1-4H3/t11-,13+,14+,16+/m1/s1. The van der Waals surface area contributed by atoms with Gasteiger partial charge in [-0.1, -0.05) is 26.8 Å². The van der Waals surface area contributed by atoms with Crippen LogP contribution in [-0.2, 0) is 9.53 Å². The molecule has 0 aliphatic heterocycles. The minimum atomic E-state index is -0.670. The molecule has 4 atom stereocenters. The van der Waals surface area contributed by atoms with Crippen molar-refractivity contribution in [3.05, 3.63) is 11.6 Å². The Morgan fingerprint density at radius 2 is 2.16 bits per heavy atom. The Balaban J connectivity index is 2.34. The third-order valence-electron chi connectivity index (χ3n) is 5.34. The van der Waals surface area contributed by atoms with Gasteiger partial charge in [-0.15, -0.1) is 0 Å². The number of ether oxygens (including phenoxy) is 1. The molecule has 19 heavy (non-hydrogen) atoms. The summed E-state index contributed by atoms with van der Waals surface area (Å²) in [5, 5.41) is 11.0. The third-order valence-corrected chi connectivity index (χ3v) is 5.34. The summed E-state index contributed by atoms with van der Waals surface area (Å²) in [4.78, 5) is 11.7. The summed E-state index contributed by atoms with van der Waals surface area (Å²) in [6, 6.07) is 0. The van der Waals surface area contributed by atoms with E-state index in [1.165, 1.54) is 7.11 Å². The van der Waals surface area contributed by atoms with Gasteiger partial charge >= 0.3 is 5.97 Å². The molecule has 0 aromatic rings. The molecule has 0 aromatic carbocycles. The van der Waals surface area contributed by atoms with E-state index >= 15 is 0 Å². The molecule has 3 nitrogen and oxygen atoms in total. The van der Waals surface area contributed by atoms with Gasteiger partial charge in [0.15, 0.2) is 0 Å². The fourth-order valence-electron chi connectivity index (χ4n) is 3.89. The second-order valence-corrected chi connectivity index (χ2v) is 6.57. The van der Waals surface area contributed by atoms with Crippen molar-refractivity contribution in [2.24, 2.45) is 23.7 Å². The highest BCUT2D eigenvalue weighted by Gasteiger charge is 2.49. The van der Waals surface area contributed by atoms with Crippen LogP contribution in [0.25, 0.3) is 0 Å². The van der Waals surface area contributed by atoms with E-state index in [2.05, 4.69) is 20.8 Å². The Labute approximate surface area is 116 Å². The summed E-state index contributed by atoms with van der Waals surface area (Å²) in [6.07, 6.45) is 5.69. The van der Waals surface area contributed by atoms with E-state index in [9.17, 15) is 9.90 Å². The van der Waals surface area contributed by atoms with E-state index < -0.39 is 5.60 Å². The molecule has 0 unspecified atom stereocenters. The van der Waals surface area contributed by atoms with Crippen molar-refractivity contribution >= 4 is 5.97 Å². The van der Waals surface area contributed by atoms with Crippen LogP contribution in [0, 0.1) is 23.7 Å². The van der Waals surface area contributed by atoms with E-state index in [0.717, 1.165) is 31.3 Å². The van der Waals surface area contributed by atoms with E-state index in [4.69, 9.17) is 4.74 Å². The number of fused-ring (bicyclic) bond motifs is 1.